The third kappa shape index (κ3) is 4.88. The van der Waals surface area contributed by atoms with Crippen LogP contribution in [0, 0.1) is 0 Å². The highest BCUT2D eigenvalue weighted by Gasteiger charge is 2.47. The van der Waals surface area contributed by atoms with Gasteiger partial charge in [-0.05, 0) is 19.4 Å². The number of likely N-dealkylation sites (tertiary alicyclic amines) is 1. The summed E-state index contributed by atoms with van der Waals surface area (Å²) in [5.41, 5.74) is 0.945. The predicted octanol–water partition coefficient (Wildman–Crippen LogP) is 2.23. The molecule has 0 aliphatic carbocycles. The van der Waals surface area contributed by atoms with E-state index in [1.165, 1.54) is 0 Å². The molecule has 0 saturated carbocycles. The first-order valence-electron chi connectivity index (χ1n) is 10.2. The summed E-state index contributed by atoms with van der Waals surface area (Å²) in [6, 6.07) is 9.48. The number of unbranched alkanes of at least 4 members (excludes halogenated alkanes) is 1. The number of aliphatic hydroxyl groups excluding tert-OH is 1. The molecule has 0 unspecified atom stereocenters. The van der Waals surface area contributed by atoms with Gasteiger partial charge in [-0.3, -0.25) is 9.69 Å². The monoisotopic (exact) mass is 376 g/mol. The smallest absolute Gasteiger partial charge is 0.220 e. The lowest BCUT2D eigenvalue weighted by Gasteiger charge is -2.50. The van der Waals surface area contributed by atoms with E-state index in [-0.39, 0.29) is 24.1 Å². The Morgan fingerprint density at radius 1 is 1.26 bits per heavy atom. The van der Waals surface area contributed by atoms with Crippen LogP contribution in [-0.4, -0.2) is 59.9 Å². The minimum absolute atomic E-state index is 0.00541. The number of piperidine rings is 1. The summed E-state index contributed by atoms with van der Waals surface area (Å²) in [5, 5.41) is 14.0. The SMILES string of the molecule is CCCCN1C[C@H](NC(=O)CCC)[C@@H](O)[C@@H]2O[C@H](c3ccccc3)OC[C@H]21. The average molecular weight is 376 g/mol. The normalized spacial score (nSPS) is 31.3. The molecule has 2 aliphatic rings. The lowest BCUT2D eigenvalue weighted by molar-refractivity contribution is -0.278. The fourth-order valence-electron chi connectivity index (χ4n) is 3.94. The van der Waals surface area contributed by atoms with Gasteiger partial charge in [0.15, 0.2) is 6.29 Å². The Labute approximate surface area is 161 Å². The van der Waals surface area contributed by atoms with Crippen molar-refractivity contribution in [1.82, 2.24) is 10.2 Å². The summed E-state index contributed by atoms with van der Waals surface area (Å²) >= 11 is 0. The minimum atomic E-state index is -0.746. The molecule has 1 aromatic carbocycles. The van der Waals surface area contributed by atoms with Crippen molar-refractivity contribution in [2.75, 3.05) is 19.7 Å². The lowest BCUT2D eigenvalue weighted by Crippen LogP contribution is -2.68. The topological polar surface area (TPSA) is 71.0 Å². The van der Waals surface area contributed by atoms with Crippen LogP contribution < -0.4 is 5.32 Å². The zero-order valence-electron chi connectivity index (χ0n) is 16.3. The molecule has 1 aromatic rings. The molecule has 1 amide bonds. The zero-order valence-corrected chi connectivity index (χ0v) is 16.3. The fraction of sp³-hybridized carbons (Fsp3) is 0.667. The van der Waals surface area contributed by atoms with Crippen molar-refractivity contribution in [3.63, 3.8) is 0 Å². The van der Waals surface area contributed by atoms with Crippen LogP contribution in [0.4, 0.5) is 0 Å². The number of nitrogens with zero attached hydrogens (tertiary/aromatic N) is 1. The molecule has 3 rings (SSSR count). The van der Waals surface area contributed by atoms with E-state index >= 15 is 0 Å². The summed E-state index contributed by atoms with van der Waals surface area (Å²) in [6.07, 6.45) is 1.81. The summed E-state index contributed by atoms with van der Waals surface area (Å²) in [5.74, 6) is -0.0119. The van der Waals surface area contributed by atoms with Crippen molar-refractivity contribution >= 4 is 5.91 Å². The first kappa shape index (κ1) is 20.3. The number of fused-ring (bicyclic) bond motifs is 1. The summed E-state index contributed by atoms with van der Waals surface area (Å²) in [7, 11) is 0. The molecule has 2 aliphatic heterocycles. The van der Waals surface area contributed by atoms with Crippen molar-refractivity contribution in [1.29, 1.82) is 0 Å². The molecule has 6 heteroatoms. The number of carbonyl (C=O) groups is 1. The number of hydrogen-bond donors (Lipinski definition) is 2. The van der Waals surface area contributed by atoms with Gasteiger partial charge in [0.2, 0.25) is 5.91 Å². The Morgan fingerprint density at radius 3 is 2.74 bits per heavy atom. The van der Waals surface area contributed by atoms with E-state index in [0.717, 1.165) is 31.4 Å². The third-order valence-corrected chi connectivity index (χ3v) is 5.42. The molecule has 0 bridgehead atoms. The Morgan fingerprint density at radius 2 is 2.04 bits per heavy atom. The molecule has 2 saturated heterocycles. The molecule has 0 aromatic heterocycles. The molecule has 2 heterocycles. The zero-order chi connectivity index (χ0) is 19.2. The number of hydrogen-bond acceptors (Lipinski definition) is 5. The number of ether oxygens (including phenoxy) is 2. The van der Waals surface area contributed by atoms with Crippen LogP contribution in [0.2, 0.25) is 0 Å². The Kier molecular flexibility index (Phi) is 7.24. The van der Waals surface area contributed by atoms with E-state index in [2.05, 4.69) is 17.1 Å². The van der Waals surface area contributed by atoms with Gasteiger partial charge < -0.3 is 19.9 Å². The van der Waals surface area contributed by atoms with Gasteiger partial charge in [-0.25, -0.2) is 0 Å². The van der Waals surface area contributed by atoms with Crippen molar-refractivity contribution in [2.45, 2.75) is 70.1 Å². The molecule has 27 heavy (non-hydrogen) atoms. The largest absolute Gasteiger partial charge is 0.388 e. The maximum atomic E-state index is 12.1. The third-order valence-electron chi connectivity index (χ3n) is 5.42. The van der Waals surface area contributed by atoms with Gasteiger partial charge in [0.05, 0.1) is 18.7 Å². The molecule has 150 valence electrons. The van der Waals surface area contributed by atoms with E-state index in [4.69, 9.17) is 9.47 Å². The Bertz CT molecular complexity index is 597. The number of amides is 1. The Hall–Kier alpha value is -1.47. The molecule has 6 nitrogen and oxygen atoms in total. The van der Waals surface area contributed by atoms with Gasteiger partial charge in [0.1, 0.15) is 12.2 Å². The molecule has 2 N–H and O–H groups in total. The van der Waals surface area contributed by atoms with Gasteiger partial charge in [0.25, 0.3) is 0 Å². The van der Waals surface area contributed by atoms with Gasteiger partial charge >= 0.3 is 0 Å². The van der Waals surface area contributed by atoms with Crippen LogP contribution in [0.3, 0.4) is 0 Å². The highest BCUT2D eigenvalue weighted by molar-refractivity contribution is 5.76. The maximum absolute atomic E-state index is 12.1. The number of aliphatic hydroxyl groups is 1. The minimum Gasteiger partial charge on any atom is -0.388 e. The number of rotatable bonds is 7. The van der Waals surface area contributed by atoms with Crippen LogP contribution in [0.5, 0.6) is 0 Å². The van der Waals surface area contributed by atoms with Crippen molar-refractivity contribution < 1.29 is 19.4 Å². The molecular weight excluding hydrogens is 344 g/mol. The standard InChI is InChI=1S/C21H32N2O4/c1-3-5-12-23-13-16(22-18(24)9-4-2)19(25)20-17(23)14-26-21(27-20)15-10-7-6-8-11-15/h6-8,10-11,16-17,19-21,25H,3-5,9,12-14H2,1-2H3,(H,22,24)/t16-,17+,19+,20+,21+/m0/s1. The highest BCUT2D eigenvalue weighted by atomic mass is 16.7. The Balaban J connectivity index is 1.74. The molecular formula is C21H32N2O4. The van der Waals surface area contributed by atoms with Crippen molar-refractivity contribution in [2.24, 2.45) is 0 Å². The van der Waals surface area contributed by atoms with Crippen LogP contribution in [-0.2, 0) is 14.3 Å². The lowest BCUT2D eigenvalue weighted by atomic mass is 9.90. The van der Waals surface area contributed by atoms with Crippen LogP contribution in [0.15, 0.2) is 30.3 Å². The molecule has 5 atom stereocenters. The molecule has 0 radical (unpaired) electrons. The van der Waals surface area contributed by atoms with Gasteiger partial charge in [-0.1, -0.05) is 50.6 Å². The number of benzene rings is 1. The summed E-state index contributed by atoms with van der Waals surface area (Å²) in [4.78, 5) is 14.4. The van der Waals surface area contributed by atoms with Gasteiger partial charge in [-0.15, -0.1) is 0 Å². The predicted molar refractivity (Wildman–Crippen MR) is 103 cm³/mol. The quantitative estimate of drug-likeness (QED) is 0.764. The summed E-state index contributed by atoms with van der Waals surface area (Å²) in [6.45, 7) is 6.19. The van der Waals surface area contributed by atoms with Crippen molar-refractivity contribution in [3.8, 4) is 0 Å². The first-order valence-corrected chi connectivity index (χ1v) is 10.2. The van der Waals surface area contributed by atoms with E-state index in [9.17, 15) is 9.90 Å². The fourth-order valence-corrected chi connectivity index (χ4v) is 3.94. The maximum Gasteiger partial charge on any atom is 0.220 e. The van der Waals surface area contributed by atoms with Crippen LogP contribution in [0.25, 0.3) is 0 Å². The molecule has 0 spiro atoms. The van der Waals surface area contributed by atoms with E-state index in [1.54, 1.807) is 0 Å². The average Bonchev–Trinajstić information content (AvgIpc) is 2.69. The second-order valence-electron chi connectivity index (χ2n) is 7.51. The summed E-state index contributed by atoms with van der Waals surface area (Å²) < 4.78 is 12.2. The highest BCUT2D eigenvalue weighted by Crippen LogP contribution is 2.33. The van der Waals surface area contributed by atoms with E-state index < -0.39 is 12.4 Å². The van der Waals surface area contributed by atoms with Crippen LogP contribution >= 0.6 is 0 Å². The van der Waals surface area contributed by atoms with E-state index in [0.29, 0.717) is 19.6 Å². The van der Waals surface area contributed by atoms with Gasteiger partial charge in [-0.2, -0.15) is 0 Å². The van der Waals surface area contributed by atoms with Gasteiger partial charge in [0, 0.05) is 18.5 Å². The molecule has 2 fully saturated rings. The number of nitrogens with one attached hydrogen (secondary N) is 1. The van der Waals surface area contributed by atoms with E-state index in [1.807, 2.05) is 37.3 Å². The second-order valence-corrected chi connectivity index (χ2v) is 7.51. The van der Waals surface area contributed by atoms with Crippen LogP contribution in [0.1, 0.15) is 51.4 Å². The number of carbonyl (C=O) groups excluding carboxylic acids is 1. The van der Waals surface area contributed by atoms with Crippen molar-refractivity contribution in [3.05, 3.63) is 35.9 Å². The first-order chi connectivity index (χ1) is 13.1. The second kappa shape index (κ2) is 9.64.